The van der Waals surface area contributed by atoms with Crippen LogP contribution in [0.15, 0.2) is 24.3 Å². The summed E-state index contributed by atoms with van der Waals surface area (Å²) in [5.74, 6) is -0.266. The van der Waals surface area contributed by atoms with E-state index in [1.807, 2.05) is 6.92 Å². The number of nitrogens with one attached hydrogen (secondary N) is 3. The van der Waals surface area contributed by atoms with Crippen molar-refractivity contribution in [3.63, 3.8) is 0 Å². The lowest BCUT2D eigenvalue weighted by Crippen LogP contribution is -2.56. The second-order valence-corrected chi connectivity index (χ2v) is 8.15. The number of hydrogen-bond acceptors (Lipinski definition) is 3. The van der Waals surface area contributed by atoms with Gasteiger partial charge in [-0.05, 0) is 49.8 Å². The summed E-state index contributed by atoms with van der Waals surface area (Å²) >= 11 is 22.9. The molecule has 1 amide bonds. The van der Waals surface area contributed by atoms with Gasteiger partial charge >= 0.3 is 0 Å². The maximum atomic E-state index is 11.9. The highest BCUT2D eigenvalue weighted by atomic mass is 35.6. The molecule has 0 bridgehead atoms. The van der Waals surface area contributed by atoms with Crippen LogP contribution in [-0.4, -0.2) is 26.8 Å². The first kappa shape index (κ1) is 22.0. The highest BCUT2D eigenvalue weighted by Gasteiger charge is 2.34. The molecule has 3 N–H and O–H groups in total. The third kappa shape index (κ3) is 8.23. The number of Topliss-reactive ketones (excluding diaryl/α,β-unsaturated/α-hetero) is 1. The number of rotatable bonds is 7. The van der Waals surface area contributed by atoms with Crippen molar-refractivity contribution in [1.82, 2.24) is 10.6 Å². The van der Waals surface area contributed by atoms with Gasteiger partial charge in [0.25, 0.3) is 0 Å². The second-order valence-electron chi connectivity index (χ2n) is 5.38. The van der Waals surface area contributed by atoms with Crippen LogP contribution in [0.4, 0.5) is 5.69 Å². The van der Waals surface area contributed by atoms with Crippen molar-refractivity contribution in [2.24, 2.45) is 0 Å². The number of anilines is 1. The molecule has 0 aromatic heterocycles. The third-order valence-corrected chi connectivity index (χ3v) is 4.09. The first-order chi connectivity index (χ1) is 11.6. The van der Waals surface area contributed by atoms with Crippen LogP contribution < -0.4 is 16.0 Å². The first-order valence-corrected chi connectivity index (χ1v) is 9.22. The SMILES string of the molecule is CCCCC(=O)N[C@@H](NC(=S)Nc1ccc(C(C)=O)cc1)C(Cl)(Cl)Cl. The van der Waals surface area contributed by atoms with E-state index in [2.05, 4.69) is 16.0 Å². The summed E-state index contributed by atoms with van der Waals surface area (Å²) in [6.45, 7) is 3.47. The summed E-state index contributed by atoms with van der Waals surface area (Å²) < 4.78 is -1.79. The number of thiocarbonyl (C=S) groups is 1. The van der Waals surface area contributed by atoms with E-state index in [0.717, 1.165) is 12.8 Å². The van der Waals surface area contributed by atoms with E-state index in [1.165, 1.54) is 6.92 Å². The predicted octanol–water partition coefficient (Wildman–Crippen LogP) is 4.18. The van der Waals surface area contributed by atoms with Gasteiger partial charge in [0.2, 0.25) is 9.70 Å². The largest absolute Gasteiger partial charge is 0.339 e. The van der Waals surface area contributed by atoms with Crippen LogP contribution in [0.3, 0.4) is 0 Å². The van der Waals surface area contributed by atoms with E-state index in [9.17, 15) is 9.59 Å². The molecule has 1 aromatic rings. The van der Waals surface area contributed by atoms with Gasteiger partial charge in [-0.2, -0.15) is 0 Å². The quantitative estimate of drug-likeness (QED) is 0.265. The molecule has 0 fully saturated rings. The molecular formula is C16H20Cl3N3O2S. The van der Waals surface area contributed by atoms with Crippen molar-refractivity contribution < 1.29 is 9.59 Å². The molecule has 0 spiro atoms. The van der Waals surface area contributed by atoms with Crippen LogP contribution >= 0.6 is 47.0 Å². The van der Waals surface area contributed by atoms with E-state index < -0.39 is 9.96 Å². The summed E-state index contributed by atoms with van der Waals surface area (Å²) in [4.78, 5) is 23.1. The molecule has 138 valence electrons. The van der Waals surface area contributed by atoms with Crippen LogP contribution in [0, 0.1) is 0 Å². The normalized spacial score (nSPS) is 12.2. The van der Waals surface area contributed by atoms with Crippen LogP contribution in [0.5, 0.6) is 0 Å². The van der Waals surface area contributed by atoms with Crippen molar-refractivity contribution in [2.75, 3.05) is 5.32 Å². The average Bonchev–Trinajstić information content (AvgIpc) is 2.51. The van der Waals surface area contributed by atoms with Gasteiger partial charge in [0.1, 0.15) is 6.17 Å². The van der Waals surface area contributed by atoms with Crippen LogP contribution in [0.2, 0.25) is 0 Å². The van der Waals surface area contributed by atoms with Crippen LogP contribution in [-0.2, 0) is 4.79 Å². The minimum atomic E-state index is -1.79. The zero-order valence-corrected chi connectivity index (χ0v) is 17.0. The number of carbonyl (C=O) groups excluding carboxylic acids is 2. The van der Waals surface area contributed by atoms with Gasteiger partial charge in [0, 0.05) is 17.7 Å². The number of unbranched alkanes of at least 4 members (excludes halogenated alkanes) is 1. The van der Waals surface area contributed by atoms with Gasteiger partial charge in [-0.15, -0.1) is 0 Å². The lowest BCUT2D eigenvalue weighted by Gasteiger charge is -2.27. The molecule has 0 heterocycles. The van der Waals surface area contributed by atoms with Crippen molar-refractivity contribution in [2.45, 2.75) is 43.1 Å². The Kier molecular flexibility index (Phi) is 8.93. The molecular weight excluding hydrogens is 405 g/mol. The van der Waals surface area contributed by atoms with E-state index in [1.54, 1.807) is 24.3 Å². The van der Waals surface area contributed by atoms with Gasteiger partial charge in [0.05, 0.1) is 0 Å². The average molecular weight is 425 g/mol. The predicted molar refractivity (Wildman–Crippen MR) is 108 cm³/mol. The Labute approximate surface area is 167 Å². The Morgan fingerprint density at radius 3 is 2.24 bits per heavy atom. The van der Waals surface area contributed by atoms with E-state index in [4.69, 9.17) is 47.0 Å². The fourth-order valence-electron chi connectivity index (χ4n) is 1.86. The number of alkyl halides is 3. The Morgan fingerprint density at radius 1 is 1.16 bits per heavy atom. The Bertz CT molecular complexity index is 618. The highest BCUT2D eigenvalue weighted by Crippen LogP contribution is 2.29. The zero-order valence-electron chi connectivity index (χ0n) is 13.9. The number of amides is 1. The molecule has 25 heavy (non-hydrogen) atoms. The maximum Gasteiger partial charge on any atom is 0.228 e. The topological polar surface area (TPSA) is 70.2 Å². The minimum absolute atomic E-state index is 0.0293. The highest BCUT2D eigenvalue weighted by molar-refractivity contribution is 7.80. The summed E-state index contributed by atoms with van der Waals surface area (Å²) in [5, 5.41) is 8.47. The van der Waals surface area contributed by atoms with E-state index in [0.29, 0.717) is 17.7 Å². The molecule has 0 radical (unpaired) electrons. The van der Waals surface area contributed by atoms with Crippen molar-refractivity contribution in [3.05, 3.63) is 29.8 Å². The van der Waals surface area contributed by atoms with Crippen molar-refractivity contribution >= 4 is 69.5 Å². The number of benzene rings is 1. The monoisotopic (exact) mass is 423 g/mol. The molecule has 5 nitrogen and oxygen atoms in total. The van der Waals surface area contributed by atoms with Gasteiger partial charge in [-0.3, -0.25) is 9.59 Å². The number of halogens is 3. The summed E-state index contributed by atoms with van der Waals surface area (Å²) in [6.07, 6.45) is 0.972. The molecule has 1 rings (SSSR count). The lowest BCUT2D eigenvalue weighted by molar-refractivity contribution is -0.122. The molecule has 0 saturated carbocycles. The molecule has 1 aromatic carbocycles. The Hall–Kier alpha value is -1.08. The molecule has 0 aliphatic carbocycles. The fourth-order valence-corrected chi connectivity index (χ4v) is 2.42. The van der Waals surface area contributed by atoms with Gasteiger partial charge in [-0.25, -0.2) is 0 Å². The second kappa shape index (κ2) is 10.2. The molecule has 1 atom stereocenters. The summed E-state index contributed by atoms with van der Waals surface area (Å²) in [6, 6.07) is 6.75. The number of hydrogen-bond donors (Lipinski definition) is 3. The molecule has 0 aliphatic heterocycles. The molecule has 0 aliphatic rings. The van der Waals surface area contributed by atoms with Crippen LogP contribution in [0.1, 0.15) is 43.5 Å². The fraction of sp³-hybridized carbons (Fsp3) is 0.438. The molecule has 0 saturated heterocycles. The number of ketones is 1. The summed E-state index contributed by atoms with van der Waals surface area (Å²) in [5.41, 5.74) is 1.25. The van der Waals surface area contributed by atoms with Crippen molar-refractivity contribution in [3.8, 4) is 0 Å². The molecule has 9 heteroatoms. The Morgan fingerprint density at radius 2 is 1.76 bits per heavy atom. The minimum Gasteiger partial charge on any atom is -0.339 e. The summed E-state index contributed by atoms with van der Waals surface area (Å²) in [7, 11) is 0. The third-order valence-electron chi connectivity index (χ3n) is 3.21. The van der Waals surface area contributed by atoms with Crippen molar-refractivity contribution in [1.29, 1.82) is 0 Å². The van der Waals surface area contributed by atoms with Gasteiger partial charge < -0.3 is 16.0 Å². The van der Waals surface area contributed by atoms with Crippen LogP contribution in [0.25, 0.3) is 0 Å². The first-order valence-electron chi connectivity index (χ1n) is 7.68. The smallest absolute Gasteiger partial charge is 0.228 e. The van der Waals surface area contributed by atoms with Gasteiger partial charge in [-0.1, -0.05) is 48.1 Å². The van der Waals surface area contributed by atoms with Gasteiger partial charge in [0.15, 0.2) is 10.9 Å². The lowest BCUT2D eigenvalue weighted by atomic mass is 10.1. The van der Waals surface area contributed by atoms with E-state index >= 15 is 0 Å². The molecule has 0 unspecified atom stereocenters. The number of carbonyl (C=O) groups is 2. The van der Waals surface area contributed by atoms with E-state index in [-0.39, 0.29) is 16.8 Å². The standard InChI is InChI=1S/C16H20Cl3N3O2S/c1-3-4-5-13(24)21-14(16(17,18)19)22-15(25)20-12-8-6-11(7-9-12)10(2)23/h6-9,14H,3-5H2,1-2H3,(H,21,24)(H2,20,22,25)/t14-/m0/s1. The maximum absolute atomic E-state index is 11.9. The zero-order chi connectivity index (χ0) is 19.0. The Balaban J connectivity index is 2.68.